The van der Waals surface area contributed by atoms with Crippen LogP contribution in [0.25, 0.3) is 0 Å². The predicted octanol–water partition coefficient (Wildman–Crippen LogP) is 2.02. The molecule has 0 radical (unpaired) electrons. The van der Waals surface area contributed by atoms with Crippen LogP contribution in [0.15, 0.2) is 29.2 Å². The number of rotatable bonds is 4. The van der Waals surface area contributed by atoms with Crippen LogP contribution in [-0.2, 0) is 11.3 Å². The second-order valence-corrected chi connectivity index (χ2v) is 5.40. The van der Waals surface area contributed by atoms with Crippen LogP contribution < -0.4 is 10.6 Å². The van der Waals surface area contributed by atoms with E-state index in [-0.39, 0.29) is 11.8 Å². The molecule has 1 aromatic carbocycles. The molecule has 4 heteroatoms. The van der Waals surface area contributed by atoms with E-state index in [2.05, 4.69) is 29.0 Å². The first kappa shape index (κ1) is 13.4. The highest BCUT2D eigenvalue weighted by molar-refractivity contribution is 7.98. The highest BCUT2D eigenvalue weighted by atomic mass is 32.2. The Kier molecular flexibility index (Phi) is 5.08. The van der Waals surface area contributed by atoms with Crippen LogP contribution in [0.3, 0.4) is 0 Å². The van der Waals surface area contributed by atoms with E-state index in [1.165, 1.54) is 10.5 Å². The van der Waals surface area contributed by atoms with Gasteiger partial charge >= 0.3 is 0 Å². The third-order valence-electron chi connectivity index (χ3n) is 3.36. The van der Waals surface area contributed by atoms with Crippen LogP contribution in [0.5, 0.6) is 0 Å². The lowest BCUT2D eigenvalue weighted by atomic mass is 9.97. The van der Waals surface area contributed by atoms with Crippen molar-refractivity contribution in [3.8, 4) is 0 Å². The molecule has 0 unspecified atom stereocenters. The molecule has 0 spiro atoms. The maximum absolute atomic E-state index is 12.0. The molecule has 1 aliphatic heterocycles. The predicted molar refractivity (Wildman–Crippen MR) is 75.7 cm³/mol. The third-order valence-corrected chi connectivity index (χ3v) is 4.19. The minimum atomic E-state index is 0.188. The maximum atomic E-state index is 12.0. The van der Waals surface area contributed by atoms with E-state index in [0.717, 1.165) is 25.9 Å². The number of hydrogen-bond donors (Lipinski definition) is 2. The monoisotopic (exact) mass is 264 g/mol. The van der Waals surface area contributed by atoms with Crippen molar-refractivity contribution < 1.29 is 4.79 Å². The quantitative estimate of drug-likeness (QED) is 0.818. The number of nitrogens with one attached hydrogen (secondary N) is 2. The van der Waals surface area contributed by atoms with Gasteiger partial charge in [-0.2, -0.15) is 0 Å². The Balaban J connectivity index is 1.88. The molecule has 1 aromatic rings. The number of piperidine rings is 1. The Morgan fingerprint density at radius 1 is 1.39 bits per heavy atom. The molecule has 0 saturated carbocycles. The van der Waals surface area contributed by atoms with Gasteiger partial charge < -0.3 is 10.6 Å². The Hall–Kier alpha value is -1.00. The standard InChI is InChI=1S/C14H20N2OS/c1-18-13-5-3-2-4-12(13)10-16-14(17)11-6-8-15-9-7-11/h2-5,11,15H,6-10H2,1H3,(H,16,17). The molecule has 0 bridgehead atoms. The number of hydrogen-bond acceptors (Lipinski definition) is 3. The molecule has 2 N–H and O–H groups in total. The van der Waals surface area contributed by atoms with Crippen molar-refractivity contribution in [1.82, 2.24) is 10.6 Å². The average molecular weight is 264 g/mol. The number of benzene rings is 1. The van der Waals surface area contributed by atoms with Crippen molar-refractivity contribution >= 4 is 17.7 Å². The van der Waals surface area contributed by atoms with Crippen molar-refractivity contribution in [1.29, 1.82) is 0 Å². The zero-order valence-electron chi connectivity index (χ0n) is 10.7. The van der Waals surface area contributed by atoms with Crippen molar-refractivity contribution in [3.05, 3.63) is 29.8 Å². The molecule has 0 aliphatic carbocycles. The van der Waals surface area contributed by atoms with E-state index < -0.39 is 0 Å². The minimum Gasteiger partial charge on any atom is -0.352 e. The van der Waals surface area contributed by atoms with Gasteiger partial charge in [0.15, 0.2) is 0 Å². The SMILES string of the molecule is CSc1ccccc1CNC(=O)C1CCNCC1. The van der Waals surface area contributed by atoms with Crippen molar-refractivity contribution in [2.24, 2.45) is 5.92 Å². The topological polar surface area (TPSA) is 41.1 Å². The Morgan fingerprint density at radius 2 is 2.11 bits per heavy atom. The van der Waals surface area contributed by atoms with Crippen LogP contribution in [0.4, 0.5) is 0 Å². The normalized spacial score (nSPS) is 16.5. The van der Waals surface area contributed by atoms with Gasteiger partial charge in [0.2, 0.25) is 5.91 Å². The molecule has 3 nitrogen and oxygen atoms in total. The zero-order chi connectivity index (χ0) is 12.8. The smallest absolute Gasteiger partial charge is 0.223 e. The summed E-state index contributed by atoms with van der Waals surface area (Å²) in [6.07, 6.45) is 3.97. The van der Waals surface area contributed by atoms with Gasteiger partial charge in [-0.05, 0) is 43.8 Å². The number of carbonyl (C=O) groups excluding carboxylic acids is 1. The van der Waals surface area contributed by atoms with E-state index in [9.17, 15) is 4.79 Å². The first-order valence-corrected chi connectivity index (χ1v) is 7.64. The molecule has 18 heavy (non-hydrogen) atoms. The Morgan fingerprint density at radius 3 is 2.83 bits per heavy atom. The van der Waals surface area contributed by atoms with Crippen LogP contribution in [-0.4, -0.2) is 25.3 Å². The fourth-order valence-corrected chi connectivity index (χ4v) is 2.88. The van der Waals surface area contributed by atoms with E-state index in [1.807, 2.05) is 12.1 Å². The summed E-state index contributed by atoms with van der Waals surface area (Å²) >= 11 is 1.72. The van der Waals surface area contributed by atoms with Gasteiger partial charge in [0.25, 0.3) is 0 Å². The second-order valence-electron chi connectivity index (χ2n) is 4.55. The van der Waals surface area contributed by atoms with Crippen LogP contribution in [0.2, 0.25) is 0 Å². The average Bonchev–Trinajstić information content (AvgIpc) is 2.46. The zero-order valence-corrected chi connectivity index (χ0v) is 11.6. The van der Waals surface area contributed by atoms with Gasteiger partial charge in [0, 0.05) is 17.4 Å². The lowest BCUT2D eigenvalue weighted by Crippen LogP contribution is -2.37. The van der Waals surface area contributed by atoms with Crippen molar-refractivity contribution in [2.75, 3.05) is 19.3 Å². The molecule has 0 aromatic heterocycles. The Bertz CT molecular complexity index is 403. The molecule has 0 atom stereocenters. The molecule has 98 valence electrons. The fourth-order valence-electron chi connectivity index (χ4n) is 2.26. The first-order chi connectivity index (χ1) is 8.81. The van der Waals surface area contributed by atoms with E-state index in [0.29, 0.717) is 6.54 Å². The largest absolute Gasteiger partial charge is 0.352 e. The maximum Gasteiger partial charge on any atom is 0.223 e. The molecule has 1 aliphatic rings. The number of thioether (sulfide) groups is 1. The van der Waals surface area contributed by atoms with E-state index in [1.54, 1.807) is 11.8 Å². The second kappa shape index (κ2) is 6.81. The summed E-state index contributed by atoms with van der Waals surface area (Å²) in [6, 6.07) is 8.22. The molecular formula is C14H20N2OS. The molecular weight excluding hydrogens is 244 g/mol. The molecule has 1 fully saturated rings. The first-order valence-electron chi connectivity index (χ1n) is 6.41. The number of amides is 1. The van der Waals surface area contributed by atoms with Crippen LogP contribution in [0, 0.1) is 5.92 Å². The fraction of sp³-hybridized carbons (Fsp3) is 0.500. The molecule has 1 heterocycles. The summed E-state index contributed by atoms with van der Waals surface area (Å²) in [7, 11) is 0. The van der Waals surface area contributed by atoms with Gasteiger partial charge in [0.1, 0.15) is 0 Å². The van der Waals surface area contributed by atoms with E-state index in [4.69, 9.17) is 0 Å². The highest BCUT2D eigenvalue weighted by Crippen LogP contribution is 2.20. The highest BCUT2D eigenvalue weighted by Gasteiger charge is 2.20. The van der Waals surface area contributed by atoms with Gasteiger partial charge in [-0.1, -0.05) is 18.2 Å². The van der Waals surface area contributed by atoms with Gasteiger partial charge in [-0.3, -0.25) is 4.79 Å². The van der Waals surface area contributed by atoms with Crippen LogP contribution >= 0.6 is 11.8 Å². The van der Waals surface area contributed by atoms with Gasteiger partial charge in [-0.25, -0.2) is 0 Å². The summed E-state index contributed by atoms with van der Waals surface area (Å²) in [5, 5.41) is 6.34. The summed E-state index contributed by atoms with van der Waals surface area (Å²) in [6.45, 7) is 2.55. The minimum absolute atomic E-state index is 0.188. The third kappa shape index (κ3) is 3.50. The number of carbonyl (C=O) groups is 1. The van der Waals surface area contributed by atoms with Crippen molar-refractivity contribution in [3.63, 3.8) is 0 Å². The lowest BCUT2D eigenvalue weighted by Gasteiger charge is -2.22. The summed E-state index contributed by atoms with van der Waals surface area (Å²) in [5.41, 5.74) is 1.20. The molecule has 1 saturated heterocycles. The van der Waals surface area contributed by atoms with Gasteiger partial charge in [-0.15, -0.1) is 11.8 Å². The summed E-state index contributed by atoms with van der Waals surface area (Å²) < 4.78 is 0. The molecule has 1 amide bonds. The van der Waals surface area contributed by atoms with Crippen LogP contribution in [0.1, 0.15) is 18.4 Å². The van der Waals surface area contributed by atoms with Crippen molar-refractivity contribution in [2.45, 2.75) is 24.3 Å². The molecule has 2 rings (SSSR count). The lowest BCUT2D eigenvalue weighted by molar-refractivity contribution is -0.125. The summed E-state index contributed by atoms with van der Waals surface area (Å²) in [5.74, 6) is 0.389. The Labute approximate surface area is 113 Å². The van der Waals surface area contributed by atoms with E-state index >= 15 is 0 Å². The van der Waals surface area contributed by atoms with Gasteiger partial charge in [0.05, 0.1) is 0 Å². The summed E-state index contributed by atoms with van der Waals surface area (Å²) in [4.78, 5) is 13.3.